The van der Waals surface area contributed by atoms with E-state index < -0.39 is 17.7 Å². The molecule has 3 aromatic rings. The van der Waals surface area contributed by atoms with Crippen molar-refractivity contribution in [3.63, 3.8) is 0 Å². The zero-order chi connectivity index (χ0) is 22.1. The highest BCUT2D eigenvalue weighted by molar-refractivity contribution is 6.47. The molecule has 1 aliphatic rings. The van der Waals surface area contributed by atoms with Crippen molar-refractivity contribution in [2.75, 3.05) is 13.7 Å². The van der Waals surface area contributed by atoms with Crippen LogP contribution in [0.15, 0.2) is 54.2 Å². The number of nitrogens with zero attached hydrogens (tertiary/aromatic N) is 1. The number of aromatic amines is 1. The first-order valence-corrected chi connectivity index (χ1v) is 10.5. The monoisotopic (exact) mass is 438 g/mol. The Hall–Kier alpha value is -3.25. The van der Waals surface area contributed by atoms with Gasteiger partial charge in [0, 0.05) is 34.8 Å². The third-order valence-corrected chi connectivity index (χ3v) is 5.97. The largest absolute Gasteiger partial charge is 0.507 e. The molecule has 0 radical (unpaired) electrons. The maximum Gasteiger partial charge on any atom is 0.295 e. The lowest BCUT2D eigenvalue weighted by molar-refractivity contribution is -0.139. The van der Waals surface area contributed by atoms with Crippen LogP contribution in [-0.4, -0.2) is 40.3 Å². The molecule has 1 amide bonds. The molecule has 2 aromatic carbocycles. The van der Waals surface area contributed by atoms with Crippen molar-refractivity contribution >= 4 is 40.0 Å². The van der Waals surface area contributed by atoms with E-state index in [1.807, 2.05) is 31.2 Å². The van der Waals surface area contributed by atoms with Crippen LogP contribution in [0.2, 0.25) is 5.02 Å². The number of carbonyl (C=O) groups is 2. The predicted molar refractivity (Wildman–Crippen MR) is 120 cm³/mol. The van der Waals surface area contributed by atoms with Crippen LogP contribution in [0.4, 0.5) is 0 Å². The highest BCUT2D eigenvalue weighted by Crippen LogP contribution is 2.43. The Labute approximate surface area is 185 Å². The molecule has 6 nitrogen and oxygen atoms in total. The summed E-state index contributed by atoms with van der Waals surface area (Å²) in [6.07, 6.45) is 3.40. The molecular weight excluding hydrogens is 416 g/mol. The number of hydrogen-bond donors (Lipinski definition) is 2. The fourth-order valence-electron chi connectivity index (χ4n) is 4.04. The molecule has 0 spiro atoms. The summed E-state index contributed by atoms with van der Waals surface area (Å²) in [6.45, 7) is 2.43. The average Bonchev–Trinajstić information content (AvgIpc) is 3.31. The molecule has 2 N–H and O–H groups in total. The molecule has 1 aromatic heterocycles. The molecule has 31 heavy (non-hydrogen) atoms. The van der Waals surface area contributed by atoms with E-state index in [0.717, 1.165) is 29.3 Å². The third kappa shape index (κ3) is 3.57. The number of amides is 1. The van der Waals surface area contributed by atoms with E-state index in [-0.39, 0.29) is 21.9 Å². The van der Waals surface area contributed by atoms with Crippen molar-refractivity contribution in [1.29, 1.82) is 0 Å². The van der Waals surface area contributed by atoms with E-state index in [1.54, 1.807) is 29.3 Å². The number of aliphatic hydroxyl groups excluding tert-OH is 1. The molecule has 1 saturated heterocycles. The molecule has 0 aliphatic carbocycles. The number of benzene rings is 2. The van der Waals surface area contributed by atoms with Gasteiger partial charge in [-0.25, -0.2) is 0 Å². The molecule has 7 heteroatoms. The van der Waals surface area contributed by atoms with Crippen LogP contribution in [0, 0.1) is 0 Å². The van der Waals surface area contributed by atoms with Crippen LogP contribution in [0.5, 0.6) is 5.75 Å². The summed E-state index contributed by atoms with van der Waals surface area (Å²) >= 11 is 6.33. The summed E-state index contributed by atoms with van der Waals surface area (Å²) < 4.78 is 5.24. The van der Waals surface area contributed by atoms with E-state index in [0.29, 0.717) is 12.3 Å². The minimum Gasteiger partial charge on any atom is -0.507 e. The number of aromatic nitrogens is 1. The topological polar surface area (TPSA) is 82.6 Å². The first-order valence-electron chi connectivity index (χ1n) is 10.2. The van der Waals surface area contributed by atoms with Gasteiger partial charge in [-0.2, -0.15) is 0 Å². The Bertz CT molecular complexity index is 1200. The van der Waals surface area contributed by atoms with Gasteiger partial charge in [-0.1, -0.05) is 43.1 Å². The van der Waals surface area contributed by atoms with Gasteiger partial charge in [0.1, 0.15) is 11.5 Å². The maximum atomic E-state index is 13.1. The van der Waals surface area contributed by atoms with E-state index in [9.17, 15) is 14.7 Å². The number of likely N-dealkylation sites (tertiary alicyclic amines) is 1. The van der Waals surface area contributed by atoms with E-state index >= 15 is 0 Å². The van der Waals surface area contributed by atoms with Crippen molar-refractivity contribution in [2.45, 2.75) is 25.8 Å². The van der Waals surface area contributed by atoms with Gasteiger partial charge in [-0.15, -0.1) is 0 Å². The minimum absolute atomic E-state index is 0.0287. The first kappa shape index (κ1) is 21.0. The van der Waals surface area contributed by atoms with Crippen molar-refractivity contribution in [3.05, 3.63) is 70.4 Å². The quantitative estimate of drug-likeness (QED) is 0.320. The number of Topliss-reactive ketones (excluding diaryl/α,β-unsaturated/α-hetero) is 1. The number of H-pyrrole nitrogens is 1. The standard InChI is InChI=1S/C24H23ClN2O4/c1-3-4-11-27-21(17-13-26-19-8-6-5-7-15(17)19)20(23(29)24(27)30)22(28)16-12-14(31-2)9-10-18(16)25/h5-10,12-13,21,26,28H,3-4,11H2,1-2H3/b22-20+. The Balaban J connectivity index is 1.95. The third-order valence-electron chi connectivity index (χ3n) is 5.64. The summed E-state index contributed by atoms with van der Waals surface area (Å²) in [7, 11) is 1.50. The number of ketones is 1. The number of hydrogen-bond acceptors (Lipinski definition) is 4. The van der Waals surface area contributed by atoms with E-state index in [1.165, 1.54) is 7.11 Å². The predicted octanol–water partition coefficient (Wildman–Crippen LogP) is 5.05. The number of methoxy groups -OCH3 is 1. The van der Waals surface area contributed by atoms with Gasteiger partial charge in [-0.05, 0) is 30.7 Å². The summed E-state index contributed by atoms with van der Waals surface area (Å²) in [4.78, 5) is 30.8. The van der Waals surface area contributed by atoms with Gasteiger partial charge < -0.3 is 19.7 Å². The van der Waals surface area contributed by atoms with Crippen LogP contribution >= 0.6 is 11.6 Å². The molecule has 2 heterocycles. The van der Waals surface area contributed by atoms with Crippen LogP contribution < -0.4 is 4.74 Å². The number of aliphatic hydroxyl groups is 1. The van der Waals surface area contributed by atoms with Crippen molar-refractivity contribution < 1.29 is 19.4 Å². The molecule has 1 aliphatic heterocycles. The smallest absolute Gasteiger partial charge is 0.295 e. The van der Waals surface area contributed by atoms with E-state index in [4.69, 9.17) is 16.3 Å². The zero-order valence-corrected chi connectivity index (χ0v) is 18.1. The molecule has 4 rings (SSSR count). The number of ether oxygens (including phenoxy) is 1. The van der Waals surface area contributed by atoms with Crippen LogP contribution in [0.3, 0.4) is 0 Å². The fraction of sp³-hybridized carbons (Fsp3) is 0.250. The Morgan fingerprint density at radius 3 is 2.74 bits per heavy atom. The number of nitrogens with one attached hydrogen (secondary N) is 1. The summed E-state index contributed by atoms with van der Waals surface area (Å²) in [5.74, 6) is -1.17. The Morgan fingerprint density at radius 2 is 2.00 bits per heavy atom. The van der Waals surface area contributed by atoms with Crippen molar-refractivity contribution in [2.24, 2.45) is 0 Å². The van der Waals surface area contributed by atoms with Gasteiger partial charge in [0.05, 0.1) is 23.7 Å². The van der Waals surface area contributed by atoms with Crippen LogP contribution in [0.25, 0.3) is 16.7 Å². The van der Waals surface area contributed by atoms with Gasteiger partial charge in [0.25, 0.3) is 11.7 Å². The van der Waals surface area contributed by atoms with Crippen LogP contribution in [-0.2, 0) is 9.59 Å². The van der Waals surface area contributed by atoms with Gasteiger partial charge in [0.15, 0.2) is 0 Å². The minimum atomic E-state index is -0.720. The maximum absolute atomic E-state index is 13.1. The molecule has 1 atom stereocenters. The second-order valence-corrected chi connectivity index (χ2v) is 7.89. The zero-order valence-electron chi connectivity index (χ0n) is 17.3. The average molecular weight is 439 g/mol. The van der Waals surface area contributed by atoms with Gasteiger partial charge >= 0.3 is 0 Å². The molecule has 0 saturated carbocycles. The highest BCUT2D eigenvalue weighted by Gasteiger charge is 2.46. The number of fused-ring (bicyclic) bond motifs is 1. The highest BCUT2D eigenvalue weighted by atomic mass is 35.5. The van der Waals surface area contributed by atoms with Crippen molar-refractivity contribution in [1.82, 2.24) is 9.88 Å². The molecule has 0 bridgehead atoms. The normalized spacial score (nSPS) is 18.2. The number of halogens is 1. The van der Waals surface area contributed by atoms with Gasteiger partial charge in [0.2, 0.25) is 0 Å². The number of rotatable bonds is 6. The Morgan fingerprint density at radius 1 is 1.23 bits per heavy atom. The number of carbonyl (C=O) groups excluding carboxylic acids is 2. The fourth-order valence-corrected chi connectivity index (χ4v) is 4.25. The molecule has 160 valence electrons. The lowest BCUT2D eigenvalue weighted by atomic mass is 9.94. The first-order chi connectivity index (χ1) is 15.0. The Kier molecular flexibility index (Phi) is 5.74. The molecule has 1 unspecified atom stereocenters. The second-order valence-electron chi connectivity index (χ2n) is 7.48. The second kappa shape index (κ2) is 8.47. The van der Waals surface area contributed by atoms with E-state index in [2.05, 4.69) is 4.98 Å². The summed E-state index contributed by atoms with van der Waals surface area (Å²) in [6, 6.07) is 11.8. The lowest BCUT2D eigenvalue weighted by Crippen LogP contribution is -2.30. The van der Waals surface area contributed by atoms with Crippen molar-refractivity contribution in [3.8, 4) is 5.75 Å². The lowest BCUT2D eigenvalue weighted by Gasteiger charge is -2.24. The number of unbranched alkanes of at least 4 members (excludes halogenated alkanes) is 1. The summed E-state index contributed by atoms with van der Waals surface area (Å²) in [5.41, 5.74) is 1.92. The molecular formula is C24H23ClN2O4. The van der Waals surface area contributed by atoms with Crippen LogP contribution in [0.1, 0.15) is 36.9 Å². The molecule has 1 fully saturated rings. The SMILES string of the molecule is CCCCN1C(=O)C(=O)/C(=C(/O)c2cc(OC)ccc2Cl)C1c1c[nH]c2ccccc12. The number of para-hydroxylation sites is 1. The summed E-state index contributed by atoms with van der Waals surface area (Å²) in [5, 5.41) is 12.4. The van der Waals surface area contributed by atoms with Gasteiger partial charge in [-0.3, -0.25) is 9.59 Å².